The first kappa shape index (κ1) is 16.1. The maximum Gasteiger partial charge on any atom is 0.288 e. The maximum absolute atomic E-state index is 12.5. The fraction of sp³-hybridized carbons (Fsp3) is 0.0714. The number of rotatable bonds is 3. The molecule has 1 amide bonds. The fourth-order valence-corrected chi connectivity index (χ4v) is 2.46. The number of nitro groups is 1. The molecule has 22 heavy (non-hydrogen) atoms. The van der Waals surface area contributed by atoms with E-state index in [1.807, 2.05) is 0 Å². The quantitative estimate of drug-likeness (QED) is 0.523. The van der Waals surface area contributed by atoms with Gasteiger partial charge < -0.3 is 10.6 Å². The van der Waals surface area contributed by atoms with E-state index in [0.29, 0.717) is 11.4 Å². The van der Waals surface area contributed by atoms with Crippen LogP contribution in [0.1, 0.15) is 10.4 Å². The summed E-state index contributed by atoms with van der Waals surface area (Å²) < 4.78 is 0. The summed E-state index contributed by atoms with van der Waals surface area (Å²) in [6.45, 7) is 0. The number of nitrogens with zero attached hydrogens (tertiary/aromatic N) is 2. The van der Waals surface area contributed by atoms with E-state index in [1.165, 1.54) is 18.0 Å². The first-order valence-corrected chi connectivity index (χ1v) is 6.84. The number of nitrogens with two attached hydrogens (primary N) is 1. The molecule has 0 bridgehead atoms. The highest BCUT2D eigenvalue weighted by molar-refractivity contribution is 6.41. The van der Waals surface area contributed by atoms with Crippen LogP contribution in [-0.2, 0) is 0 Å². The highest BCUT2D eigenvalue weighted by Gasteiger charge is 2.26. The molecule has 0 spiro atoms. The Hall–Kier alpha value is -2.31. The molecule has 114 valence electrons. The minimum Gasteiger partial charge on any atom is -0.399 e. The summed E-state index contributed by atoms with van der Waals surface area (Å²) in [6, 6.07) is 8.99. The second kappa shape index (κ2) is 6.21. The number of benzene rings is 2. The predicted octanol–water partition coefficient (Wildman–Crippen LogP) is 3.76. The average Bonchev–Trinajstić information content (AvgIpc) is 2.46. The lowest BCUT2D eigenvalue weighted by atomic mass is 10.1. The number of anilines is 2. The number of nitrogen functional groups attached to an aromatic ring is 1. The topological polar surface area (TPSA) is 89.5 Å². The first-order valence-electron chi connectivity index (χ1n) is 6.09. The molecule has 8 heteroatoms. The van der Waals surface area contributed by atoms with Crippen LogP contribution in [-0.4, -0.2) is 17.9 Å². The number of hydrogen-bond acceptors (Lipinski definition) is 4. The average molecular weight is 340 g/mol. The summed E-state index contributed by atoms with van der Waals surface area (Å²) in [5.41, 5.74) is 6.21. The van der Waals surface area contributed by atoms with E-state index in [9.17, 15) is 14.9 Å². The van der Waals surface area contributed by atoms with Crippen LogP contribution >= 0.6 is 23.2 Å². The van der Waals surface area contributed by atoms with Gasteiger partial charge in [-0.25, -0.2) is 0 Å². The number of amides is 1. The van der Waals surface area contributed by atoms with Gasteiger partial charge in [-0.2, -0.15) is 0 Å². The van der Waals surface area contributed by atoms with Crippen molar-refractivity contribution in [2.24, 2.45) is 0 Å². The molecule has 0 aromatic heterocycles. The highest BCUT2D eigenvalue weighted by atomic mass is 35.5. The summed E-state index contributed by atoms with van der Waals surface area (Å²) in [6.07, 6.45) is 0. The Balaban J connectivity index is 2.47. The number of hydrogen-bond donors (Lipinski definition) is 1. The molecule has 0 heterocycles. The Bertz CT molecular complexity index is 748. The van der Waals surface area contributed by atoms with Gasteiger partial charge in [-0.1, -0.05) is 23.2 Å². The van der Waals surface area contributed by atoms with Crippen molar-refractivity contribution >= 4 is 46.2 Å². The third kappa shape index (κ3) is 2.98. The van der Waals surface area contributed by atoms with Crippen LogP contribution in [0.15, 0.2) is 36.4 Å². The van der Waals surface area contributed by atoms with Gasteiger partial charge in [-0.15, -0.1) is 0 Å². The summed E-state index contributed by atoms with van der Waals surface area (Å²) >= 11 is 12.0. The van der Waals surface area contributed by atoms with Crippen molar-refractivity contribution < 1.29 is 9.72 Å². The van der Waals surface area contributed by atoms with Crippen molar-refractivity contribution in [2.75, 3.05) is 17.7 Å². The van der Waals surface area contributed by atoms with Crippen molar-refractivity contribution in [3.63, 3.8) is 0 Å². The summed E-state index contributed by atoms with van der Waals surface area (Å²) in [7, 11) is 1.51. The molecule has 0 saturated heterocycles. The Labute approximate surface area is 136 Å². The maximum atomic E-state index is 12.5. The first-order chi connectivity index (χ1) is 10.3. The van der Waals surface area contributed by atoms with Gasteiger partial charge in [0, 0.05) is 24.5 Å². The van der Waals surface area contributed by atoms with Crippen LogP contribution in [0.25, 0.3) is 0 Å². The molecule has 2 aromatic carbocycles. The number of halogens is 2. The third-order valence-corrected chi connectivity index (χ3v) is 3.76. The lowest BCUT2D eigenvalue weighted by Gasteiger charge is -2.19. The second-order valence-electron chi connectivity index (χ2n) is 4.47. The van der Waals surface area contributed by atoms with E-state index >= 15 is 0 Å². The molecule has 0 radical (unpaired) electrons. The molecule has 2 N–H and O–H groups in total. The van der Waals surface area contributed by atoms with Crippen molar-refractivity contribution in [1.82, 2.24) is 0 Å². The zero-order chi connectivity index (χ0) is 16.4. The molecular weight excluding hydrogens is 329 g/mol. The minimum atomic E-state index is -0.668. The summed E-state index contributed by atoms with van der Waals surface area (Å²) in [5, 5.41) is 10.7. The van der Waals surface area contributed by atoms with Gasteiger partial charge in [0.1, 0.15) is 5.02 Å². The van der Waals surface area contributed by atoms with E-state index in [4.69, 9.17) is 28.9 Å². The lowest BCUT2D eigenvalue weighted by Crippen LogP contribution is -2.27. The Kier molecular flexibility index (Phi) is 4.54. The van der Waals surface area contributed by atoms with Gasteiger partial charge in [0.25, 0.3) is 11.6 Å². The molecule has 6 nitrogen and oxygen atoms in total. The van der Waals surface area contributed by atoms with Crippen molar-refractivity contribution in [2.45, 2.75) is 0 Å². The molecule has 0 unspecified atom stereocenters. The summed E-state index contributed by atoms with van der Waals surface area (Å²) in [4.78, 5) is 24.1. The molecule has 2 rings (SSSR count). The molecular formula is C14H11Cl2N3O3. The fourth-order valence-electron chi connectivity index (χ4n) is 1.86. The normalized spacial score (nSPS) is 10.3. The Morgan fingerprint density at radius 3 is 2.32 bits per heavy atom. The van der Waals surface area contributed by atoms with Gasteiger partial charge in [-0.05, 0) is 30.3 Å². The largest absolute Gasteiger partial charge is 0.399 e. The van der Waals surface area contributed by atoms with Gasteiger partial charge in [0.05, 0.1) is 15.5 Å². The van der Waals surface area contributed by atoms with Gasteiger partial charge >= 0.3 is 0 Å². The zero-order valence-electron chi connectivity index (χ0n) is 11.4. The van der Waals surface area contributed by atoms with E-state index in [2.05, 4.69) is 0 Å². The highest BCUT2D eigenvalue weighted by Crippen LogP contribution is 2.34. The van der Waals surface area contributed by atoms with Crippen LogP contribution in [0.2, 0.25) is 10.0 Å². The lowest BCUT2D eigenvalue weighted by molar-refractivity contribution is -0.384. The van der Waals surface area contributed by atoms with Crippen LogP contribution in [0.5, 0.6) is 0 Å². The Morgan fingerprint density at radius 2 is 1.77 bits per heavy atom. The van der Waals surface area contributed by atoms with Crippen LogP contribution in [0.4, 0.5) is 17.1 Å². The molecule has 0 fully saturated rings. The standard InChI is InChI=1S/C14H11Cl2N3O3/c1-18(9-4-2-8(17)3-5-9)14(20)12-10(15)6-7-11(13(12)16)19(21)22/h2-7H,17H2,1H3. The predicted molar refractivity (Wildman–Crippen MR) is 86.7 cm³/mol. The van der Waals surface area contributed by atoms with E-state index in [1.54, 1.807) is 24.3 Å². The molecule has 0 aliphatic carbocycles. The molecule has 0 aliphatic heterocycles. The smallest absolute Gasteiger partial charge is 0.288 e. The van der Waals surface area contributed by atoms with Crippen LogP contribution in [0, 0.1) is 10.1 Å². The third-order valence-electron chi connectivity index (χ3n) is 3.07. The van der Waals surface area contributed by atoms with Crippen molar-refractivity contribution in [3.8, 4) is 0 Å². The molecule has 2 aromatic rings. The molecule has 0 aliphatic rings. The number of nitro benzene ring substituents is 1. The number of carbonyl (C=O) groups is 1. The zero-order valence-corrected chi connectivity index (χ0v) is 12.9. The van der Waals surface area contributed by atoms with E-state index in [-0.39, 0.29) is 21.3 Å². The van der Waals surface area contributed by atoms with Gasteiger partial charge in [0.15, 0.2) is 0 Å². The van der Waals surface area contributed by atoms with Gasteiger partial charge in [0.2, 0.25) is 0 Å². The van der Waals surface area contributed by atoms with Gasteiger partial charge in [-0.3, -0.25) is 14.9 Å². The molecule has 0 saturated carbocycles. The monoisotopic (exact) mass is 339 g/mol. The molecule has 0 atom stereocenters. The summed E-state index contributed by atoms with van der Waals surface area (Å²) in [5.74, 6) is -0.552. The van der Waals surface area contributed by atoms with E-state index < -0.39 is 10.8 Å². The number of carbonyl (C=O) groups excluding carboxylic acids is 1. The SMILES string of the molecule is CN(C(=O)c1c(Cl)ccc([N+](=O)[O-])c1Cl)c1ccc(N)cc1. The Morgan fingerprint density at radius 1 is 1.18 bits per heavy atom. The van der Waals surface area contributed by atoms with E-state index in [0.717, 1.165) is 6.07 Å². The van der Waals surface area contributed by atoms with Crippen molar-refractivity contribution in [1.29, 1.82) is 0 Å². The van der Waals surface area contributed by atoms with Crippen LogP contribution < -0.4 is 10.6 Å². The minimum absolute atomic E-state index is 0.0443. The van der Waals surface area contributed by atoms with Crippen LogP contribution in [0.3, 0.4) is 0 Å². The second-order valence-corrected chi connectivity index (χ2v) is 5.25. The van der Waals surface area contributed by atoms with Crippen molar-refractivity contribution in [3.05, 3.63) is 62.1 Å².